The van der Waals surface area contributed by atoms with Gasteiger partial charge in [0.25, 0.3) is 0 Å². The molecule has 116 valence electrons. The molecule has 20 heavy (non-hydrogen) atoms. The van der Waals surface area contributed by atoms with E-state index < -0.39 is 11.9 Å². The predicted octanol–water partition coefficient (Wildman–Crippen LogP) is 3.50. The van der Waals surface area contributed by atoms with Crippen molar-refractivity contribution < 1.29 is 19.1 Å². The molecule has 0 aromatic carbocycles. The Morgan fingerprint density at radius 1 is 0.750 bits per heavy atom. The molecule has 0 atom stereocenters. The van der Waals surface area contributed by atoms with Gasteiger partial charge in [0.1, 0.15) is 0 Å². The third-order valence-electron chi connectivity index (χ3n) is 2.76. The second-order valence-corrected chi connectivity index (χ2v) is 5.41. The highest BCUT2D eigenvalue weighted by atomic mass is 16.5. The minimum absolute atomic E-state index is 0.0778. The summed E-state index contributed by atoms with van der Waals surface area (Å²) in [5.41, 5.74) is 0.879. The third-order valence-corrected chi connectivity index (χ3v) is 2.76. The SMILES string of the molecule is CCCOC(=O)/C(=C(\C(=O)OCCC)C(C)C)C(C)C. The van der Waals surface area contributed by atoms with Crippen LogP contribution in [0.15, 0.2) is 11.1 Å². The summed E-state index contributed by atoms with van der Waals surface area (Å²) in [5, 5.41) is 0. The van der Waals surface area contributed by atoms with Crippen molar-refractivity contribution in [2.24, 2.45) is 11.8 Å². The monoisotopic (exact) mass is 284 g/mol. The summed E-state index contributed by atoms with van der Waals surface area (Å²) < 4.78 is 10.4. The largest absolute Gasteiger partial charge is 0.462 e. The van der Waals surface area contributed by atoms with Gasteiger partial charge in [0.2, 0.25) is 0 Å². The molecule has 4 heteroatoms. The van der Waals surface area contributed by atoms with Crippen LogP contribution in [-0.4, -0.2) is 25.2 Å². The Bertz CT molecular complexity index is 319. The van der Waals surface area contributed by atoms with Crippen molar-refractivity contribution in [2.75, 3.05) is 13.2 Å². The Labute approximate surface area is 122 Å². The standard InChI is InChI=1S/C16H28O4/c1-7-9-19-15(17)13(11(3)4)14(12(5)6)16(18)20-10-8-2/h11-12H,7-10H2,1-6H3/b14-13-. The third kappa shape index (κ3) is 5.76. The van der Waals surface area contributed by atoms with Gasteiger partial charge < -0.3 is 9.47 Å². The van der Waals surface area contributed by atoms with E-state index in [0.29, 0.717) is 24.4 Å². The summed E-state index contributed by atoms with van der Waals surface area (Å²) in [6, 6.07) is 0. The van der Waals surface area contributed by atoms with Crippen LogP contribution in [0.3, 0.4) is 0 Å². The first kappa shape index (κ1) is 18.7. The molecule has 0 bridgehead atoms. The van der Waals surface area contributed by atoms with Crippen LogP contribution in [0.5, 0.6) is 0 Å². The summed E-state index contributed by atoms with van der Waals surface area (Å²) in [5.74, 6) is -0.963. The van der Waals surface area contributed by atoms with Gasteiger partial charge in [-0.3, -0.25) is 0 Å². The first-order valence-electron chi connectivity index (χ1n) is 7.44. The smallest absolute Gasteiger partial charge is 0.334 e. The predicted molar refractivity (Wildman–Crippen MR) is 79.2 cm³/mol. The molecule has 4 nitrogen and oxygen atoms in total. The number of esters is 2. The maximum atomic E-state index is 12.2. The minimum atomic E-state index is -0.404. The van der Waals surface area contributed by atoms with Gasteiger partial charge in [0.15, 0.2) is 0 Å². The van der Waals surface area contributed by atoms with Crippen LogP contribution < -0.4 is 0 Å². The molecule has 0 heterocycles. The second kappa shape index (κ2) is 9.56. The van der Waals surface area contributed by atoms with Crippen molar-refractivity contribution in [3.63, 3.8) is 0 Å². The molecule has 0 rings (SSSR count). The van der Waals surface area contributed by atoms with E-state index in [9.17, 15) is 9.59 Å². The normalized spacial score (nSPS) is 12.4. The molecule has 0 fully saturated rings. The number of rotatable bonds is 8. The lowest BCUT2D eigenvalue weighted by molar-refractivity contribution is -0.143. The number of hydrogen-bond acceptors (Lipinski definition) is 4. The number of hydrogen-bond donors (Lipinski definition) is 0. The van der Waals surface area contributed by atoms with E-state index >= 15 is 0 Å². The highest BCUT2D eigenvalue weighted by molar-refractivity contribution is 6.01. The lowest BCUT2D eigenvalue weighted by atomic mass is 9.90. The molecular weight excluding hydrogens is 256 g/mol. The molecule has 0 spiro atoms. The van der Waals surface area contributed by atoms with E-state index in [0.717, 1.165) is 12.8 Å². The number of carbonyl (C=O) groups is 2. The highest BCUT2D eigenvalue weighted by Gasteiger charge is 2.27. The maximum absolute atomic E-state index is 12.2. The van der Waals surface area contributed by atoms with Crippen LogP contribution in [0.2, 0.25) is 0 Å². The van der Waals surface area contributed by atoms with Gasteiger partial charge in [-0.1, -0.05) is 41.5 Å². The zero-order valence-corrected chi connectivity index (χ0v) is 13.6. The van der Waals surface area contributed by atoms with Crippen molar-refractivity contribution in [2.45, 2.75) is 54.4 Å². The van der Waals surface area contributed by atoms with Crippen LogP contribution in [-0.2, 0) is 19.1 Å². The minimum Gasteiger partial charge on any atom is -0.462 e. The average Bonchev–Trinajstić information content (AvgIpc) is 2.38. The van der Waals surface area contributed by atoms with E-state index in [1.54, 1.807) is 0 Å². The fourth-order valence-corrected chi connectivity index (χ4v) is 1.86. The molecule has 0 radical (unpaired) electrons. The van der Waals surface area contributed by atoms with Gasteiger partial charge in [-0.2, -0.15) is 0 Å². The van der Waals surface area contributed by atoms with Crippen LogP contribution >= 0.6 is 0 Å². The fourth-order valence-electron chi connectivity index (χ4n) is 1.86. The fraction of sp³-hybridized carbons (Fsp3) is 0.750. The number of carbonyl (C=O) groups excluding carboxylic acids is 2. The second-order valence-electron chi connectivity index (χ2n) is 5.41. The quantitative estimate of drug-likeness (QED) is 0.505. The zero-order chi connectivity index (χ0) is 15.7. The Morgan fingerprint density at radius 3 is 1.25 bits per heavy atom. The lowest BCUT2D eigenvalue weighted by Crippen LogP contribution is -2.23. The maximum Gasteiger partial charge on any atom is 0.334 e. The Morgan fingerprint density at radius 2 is 1.05 bits per heavy atom. The molecule has 0 aliphatic rings. The van der Waals surface area contributed by atoms with Gasteiger partial charge in [-0.25, -0.2) is 9.59 Å². The van der Waals surface area contributed by atoms with E-state index in [1.165, 1.54) is 0 Å². The molecule has 0 amide bonds. The molecular formula is C16H28O4. The summed E-state index contributed by atoms with van der Waals surface area (Å²) in [4.78, 5) is 24.4. The molecule has 0 saturated carbocycles. The van der Waals surface area contributed by atoms with Crippen molar-refractivity contribution in [3.8, 4) is 0 Å². The van der Waals surface area contributed by atoms with Gasteiger partial charge >= 0.3 is 11.9 Å². The van der Waals surface area contributed by atoms with Gasteiger partial charge in [-0.15, -0.1) is 0 Å². The molecule has 0 aliphatic carbocycles. The molecule has 0 unspecified atom stereocenters. The van der Waals surface area contributed by atoms with E-state index in [-0.39, 0.29) is 11.8 Å². The van der Waals surface area contributed by atoms with Gasteiger partial charge in [0.05, 0.1) is 24.4 Å². The molecule has 0 aliphatic heterocycles. The van der Waals surface area contributed by atoms with Crippen molar-refractivity contribution in [3.05, 3.63) is 11.1 Å². The summed E-state index contributed by atoms with van der Waals surface area (Å²) >= 11 is 0. The summed E-state index contributed by atoms with van der Waals surface area (Å²) in [6.45, 7) is 12.1. The molecule has 0 N–H and O–H groups in total. The topological polar surface area (TPSA) is 52.6 Å². The van der Waals surface area contributed by atoms with Crippen molar-refractivity contribution in [1.82, 2.24) is 0 Å². The first-order chi connectivity index (χ1) is 9.36. The first-order valence-corrected chi connectivity index (χ1v) is 7.44. The van der Waals surface area contributed by atoms with E-state index in [4.69, 9.17) is 9.47 Å². The Hall–Kier alpha value is -1.32. The summed E-state index contributed by atoms with van der Waals surface area (Å²) in [7, 11) is 0. The van der Waals surface area contributed by atoms with Crippen LogP contribution in [0.25, 0.3) is 0 Å². The van der Waals surface area contributed by atoms with Crippen LogP contribution in [0.1, 0.15) is 54.4 Å². The van der Waals surface area contributed by atoms with Crippen LogP contribution in [0.4, 0.5) is 0 Å². The molecule has 0 saturated heterocycles. The Kier molecular flexibility index (Phi) is 8.93. The van der Waals surface area contributed by atoms with Gasteiger partial charge in [0, 0.05) is 0 Å². The molecule has 0 aromatic heterocycles. The highest BCUT2D eigenvalue weighted by Crippen LogP contribution is 2.24. The average molecular weight is 284 g/mol. The lowest BCUT2D eigenvalue weighted by Gasteiger charge is -2.19. The van der Waals surface area contributed by atoms with Crippen molar-refractivity contribution in [1.29, 1.82) is 0 Å². The summed E-state index contributed by atoms with van der Waals surface area (Å²) in [6.07, 6.45) is 1.52. The molecule has 0 aromatic rings. The Balaban J connectivity index is 5.44. The van der Waals surface area contributed by atoms with Gasteiger partial charge in [-0.05, 0) is 24.7 Å². The van der Waals surface area contributed by atoms with E-state index in [1.807, 2.05) is 41.5 Å². The van der Waals surface area contributed by atoms with E-state index in [2.05, 4.69) is 0 Å². The van der Waals surface area contributed by atoms with Crippen LogP contribution in [0, 0.1) is 11.8 Å². The zero-order valence-electron chi connectivity index (χ0n) is 13.6. The number of ether oxygens (including phenoxy) is 2. The van der Waals surface area contributed by atoms with Crippen molar-refractivity contribution >= 4 is 11.9 Å².